The van der Waals surface area contributed by atoms with E-state index in [-0.39, 0.29) is 29.9 Å². The van der Waals surface area contributed by atoms with Crippen LogP contribution >= 0.6 is 0 Å². The van der Waals surface area contributed by atoms with Crippen molar-refractivity contribution in [2.24, 2.45) is 0 Å². The molecule has 0 unspecified atom stereocenters. The van der Waals surface area contributed by atoms with Gasteiger partial charge in [0.2, 0.25) is 10.0 Å². The van der Waals surface area contributed by atoms with E-state index in [2.05, 4.69) is 5.32 Å². The molecule has 1 N–H and O–H groups in total. The predicted molar refractivity (Wildman–Crippen MR) is 121 cm³/mol. The molecule has 0 atom stereocenters. The number of fused-ring (bicyclic) bond motifs is 1. The molecule has 1 heterocycles. The maximum atomic E-state index is 12.8. The molecule has 1 aliphatic carbocycles. The molecule has 0 saturated heterocycles. The Morgan fingerprint density at radius 3 is 2.39 bits per heavy atom. The summed E-state index contributed by atoms with van der Waals surface area (Å²) in [6, 6.07) is 4.92. The van der Waals surface area contributed by atoms with E-state index in [1.165, 1.54) is 4.31 Å². The first-order chi connectivity index (χ1) is 14.5. The Labute approximate surface area is 183 Å². The summed E-state index contributed by atoms with van der Waals surface area (Å²) in [6.45, 7) is 5.46. The van der Waals surface area contributed by atoms with Crippen molar-refractivity contribution in [2.75, 3.05) is 25.2 Å². The Hall–Kier alpha value is -2.33. The van der Waals surface area contributed by atoms with Crippen LogP contribution in [0.15, 0.2) is 27.4 Å². The summed E-state index contributed by atoms with van der Waals surface area (Å²) in [5.74, 6) is -0.325. The second kappa shape index (κ2) is 9.04. The van der Waals surface area contributed by atoms with Crippen LogP contribution in [0.4, 0.5) is 10.5 Å². The number of rotatable bonds is 6. The number of carbonyl (C=O) groups excluding carboxylic acids is 1. The molecule has 10 heteroatoms. The van der Waals surface area contributed by atoms with Gasteiger partial charge < -0.3 is 14.6 Å². The number of hydrogen-bond acceptors (Lipinski definition) is 5. The lowest BCUT2D eigenvalue weighted by Crippen LogP contribution is -2.46. The van der Waals surface area contributed by atoms with E-state index in [4.69, 9.17) is 4.42 Å². The zero-order valence-corrected chi connectivity index (χ0v) is 19.6. The molecule has 2 aromatic rings. The highest BCUT2D eigenvalue weighted by Gasteiger charge is 2.32. The van der Waals surface area contributed by atoms with Crippen LogP contribution in [0.3, 0.4) is 0 Å². The molecule has 31 heavy (non-hydrogen) atoms. The molecule has 0 spiro atoms. The van der Waals surface area contributed by atoms with E-state index in [1.807, 2.05) is 13.8 Å². The molecule has 172 valence electrons. The van der Waals surface area contributed by atoms with Gasteiger partial charge in [-0.3, -0.25) is 4.57 Å². The summed E-state index contributed by atoms with van der Waals surface area (Å²) in [5, 5.41) is 2.87. The van der Waals surface area contributed by atoms with Crippen LogP contribution in [0.25, 0.3) is 11.1 Å². The van der Waals surface area contributed by atoms with E-state index < -0.39 is 15.8 Å². The first kappa shape index (κ1) is 23.3. The number of oxazole rings is 1. The van der Waals surface area contributed by atoms with Crippen molar-refractivity contribution in [2.45, 2.75) is 64.6 Å². The molecule has 0 bridgehead atoms. The van der Waals surface area contributed by atoms with Gasteiger partial charge in [0, 0.05) is 44.0 Å². The van der Waals surface area contributed by atoms with Gasteiger partial charge >= 0.3 is 11.8 Å². The molecule has 1 aliphatic rings. The van der Waals surface area contributed by atoms with Gasteiger partial charge in [-0.1, -0.05) is 0 Å². The van der Waals surface area contributed by atoms with Gasteiger partial charge in [0.25, 0.3) is 0 Å². The highest BCUT2D eigenvalue weighted by Crippen LogP contribution is 2.28. The fourth-order valence-electron chi connectivity index (χ4n) is 4.22. The van der Waals surface area contributed by atoms with Crippen molar-refractivity contribution in [1.82, 2.24) is 13.8 Å². The van der Waals surface area contributed by atoms with Gasteiger partial charge in [-0.05, 0) is 58.6 Å². The van der Waals surface area contributed by atoms with Crippen LogP contribution in [0.2, 0.25) is 0 Å². The molecule has 2 amide bonds. The van der Waals surface area contributed by atoms with E-state index in [0.717, 1.165) is 25.7 Å². The minimum absolute atomic E-state index is 0.0204. The average Bonchev–Trinajstić information content (AvgIpc) is 3.07. The third-order valence-corrected chi connectivity index (χ3v) is 8.14. The van der Waals surface area contributed by atoms with Gasteiger partial charge in [-0.15, -0.1) is 0 Å². The monoisotopic (exact) mass is 452 g/mol. The zero-order chi connectivity index (χ0) is 22.9. The highest BCUT2D eigenvalue weighted by molar-refractivity contribution is 7.89. The Balaban J connectivity index is 1.63. The number of anilines is 1. The van der Waals surface area contributed by atoms with Crippen LogP contribution in [0.5, 0.6) is 0 Å². The van der Waals surface area contributed by atoms with Crippen molar-refractivity contribution in [3.8, 4) is 0 Å². The molecule has 1 fully saturated rings. The number of nitrogens with zero attached hydrogens (tertiary/aromatic N) is 3. The van der Waals surface area contributed by atoms with Gasteiger partial charge in [0.1, 0.15) is 0 Å². The average molecular weight is 453 g/mol. The summed E-state index contributed by atoms with van der Waals surface area (Å²) < 4.78 is 32.6. The lowest BCUT2D eigenvalue weighted by molar-refractivity contribution is 0.165. The third-order valence-electron chi connectivity index (χ3n) is 6.23. The van der Waals surface area contributed by atoms with E-state index >= 15 is 0 Å². The van der Waals surface area contributed by atoms with Crippen LogP contribution in [-0.4, -0.2) is 60.2 Å². The van der Waals surface area contributed by atoms with Gasteiger partial charge in [0.05, 0.1) is 11.3 Å². The molecule has 9 nitrogen and oxygen atoms in total. The molecule has 3 rings (SSSR count). The number of nitrogens with one attached hydrogen (secondary N) is 1. The molecule has 0 radical (unpaired) electrons. The van der Waals surface area contributed by atoms with Gasteiger partial charge in [0.15, 0.2) is 5.58 Å². The van der Waals surface area contributed by atoms with Crippen molar-refractivity contribution in [1.29, 1.82) is 0 Å². The summed E-state index contributed by atoms with van der Waals surface area (Å²) in [6.07, 6.45) is 2.92. The molecule has 1 saturated carbocycles. The smallest absolute Gasteiger partial charge is 0.408 e. The largest absolute Gasteiger partial charge is 0.420 e. The first-order valence-corrected chi connectivity index (χ1v) is 12.3. The first-order valence-electron chi connectivity index (χ1n) is 10.7. The molecular weight excluding hydrogens is 420 g/mol. The van der Waals surface area contributed by atoms with Crippen molar-refractivity contribution >= 4 is 32.8 Å². The standard InChI is InChI=1S/C21H32N4O5S/c1-6-31(28,29)24(5)17-10-8-16(9-11-17)23(4)20(26)22-15-7-12-18-19(13-15)30-21(27)25(18)14(2)3/h7,12-14,16-17H,6,8-11H2,1-5H3,(H,22,26). The number of sulfonamides is 1. The number of aromatic nitrogens is 1. The number of benzene rings is 1. The maximum absolute atomic E-state index is 12.8. The lowest BCUT2D eigenvalue weighted by atomic mass is 9.90. The minimum Gasteiger partial charge on any atom is -0.408 e. The molecule has 0 aliphatic heterocycles. The topological polar surface area (TPSA) is 105 Å². The minimum atomic E-state index is -3.21. The number of urea groups is 1. The Morgan fingerprint density at radius 1 is 1.19 bits per heavy atom. The second-order valence-corrected chi connectivity index (χ2v) is 10.8. The lowest BCUT2D eigenvalue weighted by Gasteiger charge is -2.37. The molecule has 1 aromatic heterocycles. The highest BCUT2D eigenvalue weighted by atomic mass is 32.2. The van der Waals surface area contributed by atoms with E-state index in [9.17, 15) is 18.0 Å². The van der Waals surface area contributed by atoms with Crippen molar-refractivity contribution in [3.05, 3.63) is 28.7 Å². The Morgan fingerprint density at radius 2 is 1.81 bits per heavy atom. The number of amides is 2. The molecular formula is C21H32N4O5S. The van der Waals surface area contributed by atoms with Crippen molar-refractivity contribution < 1.29 is 17.6 Å². The van der Waals surface area contributed by atoms with Crippen LogP contribution < -0.4 is 11.1 Å². The summed E-state index contributed by atoms with van der Waals surface area (Å²) in [5.41, 5.74) is 1.67. The van der Waals surface area contributed by atoms with E-state index in [0.29, 0.717) is 16.8 Å². The number of carbonyl (C=O) groups is 1. The zero-order valence-electron chi connectivity index (χ0n) is 18.8. The second-order valence-electron chi connectivity index (χ2n) is 8.43. The molecule has 1 aromatic carbocycles. The Kier molecular flexibility index (Phi) is 6.80. The maximum Gasteiger partial charge on any atom is 0.420 e. The summed E-state index contributed by atoms with van der Waals surface area (Å²) in [4.78, 5) is 26.5. The third kappa shape index (κ3) is 4.79. The van der Waals surface area contributed by atoms with Crippen molar-refractivity contribution in [3.63, 3.8) is 0 Å². The fourth-order valence-corrected chi connectivity index (χ4v) is 5.29. The van der Waals surface area contributed by atoms with Crippen LogP contribution in [-0.2, 0) is 10.0 Å². The fraction of sp³-hybridized carbons (Fsp3) is 0.619. The predicted octanol–water partition coefficient (Wildman–Crippen LogP) is 3.23. The quantitative estimate of drug-likeness (QED) is 0.724. The Bertz CT molecular complexity index is 1100. The SMILES string of the molecule is CCS(=O)(=O)N(C)C1CCC(N(C)C(=O)Nc2ccc3c(c2)oc(=O)n3C(C)C)CC1. The summed E-state index contributed by atoms with van der Waals surface area (Å²) in [7, 11) is 0.181. The number of hydrogen-bond donors (Lipinski definition) is 1. The van der Waals surface area contributed by atoms with Crippen LogP contribution in [0.1, 0.15) is 52.5 Å². The van der Waals surface area contributed by atoms with E-state index in [1.54, 1.807) is 48.7 Å². The van der Waals surface area contributed by atoms with Gasteiger partial charge in [-0.2, -0.15) is 0 Å². The van der Waals surface area contributed by atoms with Gasteiger partial charge in [-0.25, -0.2) is 22.3 Å². The summed E-state index contributed by atoms with van der Waals surface area (Å²) >= 11 is 0. The normalized spacial score (nSPS) is 19.8. The van der Waals surface area contributed by atoms with Crippen LogP contribution in [0, 0.1) is 0 Å².